The lowest BCUT2D eigenvalue weighted by molar-refractivity contribution is -0.135. The molecule has 0 atom stereocenters. The third-order valence-corrected chi connectivity index (χ3v) is 3.44. The molecule has 110 valence electrons. The normalized spacial score (nSPS) is 16.7. The number of nitrogens with zero attached hydrogens (tertiary/aromatic N) is 1. The van der Waals surface area contributed by atoms with E-state index >= 15 is 0 Å². The summed E-state index contributed by atoms with van der Waals surface area (Å²) in [5.74, 6) is 0.387. The van der Waals surface area contributed by atoms with Crippen molar-refractivity contribution in [2.45, 2.75) is 46.1 Å². The summed E-state index contributed by atoms with van der Waals surface area (Å²) in [7, 11) is 0. The van der Waals surface area contributed by atoms with Crippen molar-refractivity contribution in [3.63, 3.8) is 0 Å². The number of hydrogen-bond acceptors (Lipinski definition) is 3. The predicted molar refractivity (Wildman–Crippen MR) is 75.7 cm³/mol. The van der Waals surface area contributed by atoms with Gasteiger partial charge in [-0.3, -0.25) is 9.59 Å². The Bertz CT molecular complexity index is 297. The summed E-state index contributed by atoms with van der Waals surface area (Å²) in [4.78, 5) is 25.4. The molecular weight excluding hydrogens is 242 g/mol. The molecule has 1 saturated heterocycles. The van der Waals surface area contributed by atoms with Crippen LogP contribution in [0.25, 0.3) is 0 Å². The van der Waals surface area contributed by atoms with Crippen LogP contribution in [0.4, 0.5) is 0 Å². The summed E-state index contributed by atoms with van der Waals surface area (Å²) in [5.41, 5.74) is 0. The van der Waals surface area contributed by atoms with Gasteiger partial charge >= 0.3 is 0 Å². The van der Waals surface area contributed by atoms with Crippen molar-refractivity contribution >= 4 is 11.8 Å². The molecule has 0 spiro atoms. The molecule has 5 heteroatoms. The van der Waals surface area contributed by atoms with Crippen LogP contribution in [-0.4, -0.2) is 48.9 Å². The quantitative estimate of drug-likeness (QED) is 0.700. The van der Waals surface area contributed by atoms with Gasteiger partial charge in [-0.05, 0) is 19.4 Å². The number of piperidine rings is 1. The highest BCUT2D eigenvalue weighted by Gasteiger charge is 2.24. The van der Waals surface area contributed by atoms with Gasteiger partial charge in [0.1, 0.15) is 0 Å². The van der Waals surface area contributed by atoms with E-state index in [0.29, 0.717) is 6.42 Å². The fourth-order valence-corrected chi connectivity index (χ4v) is 2.29. The number of likely N-dealkylation sites (tertiary alicyclic amines) is 1. The van der Waals surface area contributed by atoms with Gasteiger partial charge in [0, 0.05) is 38.0 Å². The van der Waals surface area contributed by atoms with E-state index in [1.165, 1.54) is 0 Å². The van der Waals surface area contributed by atoms with E-state index in [1.807, 2.05) is 25.7 Å². The maximum atomic E-state index is 11.8. The van der Waals surface area contributed by atoms with Crippen LogP contribution >= 0.6 is 0 Å². The van der Waals surface area contributed by atoms with Gasteiger partial charge in [0.05, 0.1) is 0 Å². The maximum absolute atomic E-state index is 11.8. The Hall–Kier alpha value is -1.10. The van der Waals surface area contributed by atoms with Crippen molar-refractivity contribution in [1.29, 1.82) is 0 Å². The zero-order chi connectivity index (χ0) is 14.3. The Morgan fingerprint density at radius 2 is 1.89 bits per heavy atom. The average molecular weight is 269 g/mol. The second kappa shape index (κ2) is 8.15. The van der Waals surface area contributed by atoms with Crippen molar-refractivity contribution in [2.24, 2.45) is 5.92 Å². The van der Waals surface area contributed by atoms with Crippen LogP contribution in [0.1, 0.15) is 40.0 Å². The second-order valence-corrected chi connectivity index (χ2v) is 5.43. The molecule has 0 saturated carbocycles. The molecule has 1 fully saturated rings. The minimum Gasteiger partial charge on any atom is -0.353 e. The third kappa shape index (κ3) is 5.59. The van der Waals surface area contributed by atoms with Crippen molar-refractivity contribution in [3.8, 4) is 0 Å². The van der Waals surface area contributed by atoms with Gasteiger partial charge in [0.2, 0.25) is 11.8 Å². The Kier molecular flexibility index (Phi) is 6.84. The molecule has 19 heavy (non-hydrogen) atoms. The molecule has 0 aromatic rings. The lowest BCUT2D eigenvalue weighted by atomic mass is 10.0. The van der Waals surface area contributed by atoms with Crippen LogP contribution in [-0.2, 0) is 9.59 Å². The first kappa shape index (κ1) is 16.0. The van der Waals surface area contributed by atoms with E-state index in [-0.39, 0.29) is 23.8 Å². The molecule has 1 heterocycles. The van der Waals surface area contributed by atoms with E-state index in [0.717, 1.165) is 39.0 Å². The van der Waals surface area contributed by atoms with Gasteiger partial charge in [-0.25, -0.2) is 0 Å². The number of nitrogens with one attached hydrogen (secondary N) is 2. The molecule has 1 rings (SSSR count). The first-order chi connectivity index (χ1) is 9.04. The van der Waals surface area contributed by atoms with Gasteiger partial charge in [0.15, 0.2) is 0 Å². The minimum atomic E-state index is 0.0614. The van der Waals surface area contributed by atoms with Gasteiger partial charge < -0.3 is 15.5 Å². The second-order valence-electron chi connectivity index (χ2n) is 5.43. The highest BCUT2D eigenvalue weighted by molar-refractivity contribution is 5.78. The molecule has 0 aromatic carbocycles. The average Bonchev–Trinajstić information content (AvgIpc) is 2.39. The fourth-order valence-electron chi connectivity index (χ4n) is 2.29. The summed E-state index contributed by atoms with van der Waals surface area (Å²) in [6, 6.07) is 0.227. The highest BCUT2D eigenvalue weighted by Crippen LogP contribution is 2.13. The zero-order valence-electron chi connectivity index (χ0n) is 12.4. The monoisotopic (exact) mass is 269 g/mol. The number of carbonyl (C=O) groups excluding carboxylic acids is 2. The number of hydrogen-bond donors (Lipinski definition) is 2. The maximum Gasteiger partial charge on any atom is 0.225 e. The molecular formula is C14H27N3O2. The van der Waals surface area contributed by atoms with Gasteiger partial charge in [-0.15, -0.1) is 0 Å². The number of carbonyl (C=O) groups is 2. The Morgan fingerprint density at radius 3 is 2.42 bits per heavy atom. The lowest BCUT2D eigenvalue weighted by Gasteiger charge is -2.33. The molecule has 1 aliphatic rings. The molecule has 5 nitrogen and oxygen atoms in total. The van der Waals surface area contributed by atoms with Crippen LogP contribution < -0.4 is 10.6 Å². The summed E-state index contributed by atoms with van der Waals surface area (Å²) in [6.07, 6.45) is 2.26. The summed E-state index contributed by atoms with van der Waals surface area (Å²) >= 11 is 0. The standard InChI is InChI=1S/C14H27N3O2/c1-4-15-8-5-13(18)16-12-6-9-17(10-7-12)14(19)11(2)3/h11-12,15H,4-10H2,1-3H3,(H,16,18). The minimum absolute atomic E-state index is 0.0614. The molecule has 2 amide bonds. The van der Waals surface area contributed by atoms with Crippen LogP contribution in [0, 0.1) is 5.92 Å². The first-order valence-electron chi connectivity index (χ1n) is 7.33. The van der Waals surface area contributed by atoms with Crippen LogP contribution in [0.2, 0.25) is 0 Å². The highest BCUT2D eigenvalue weighted by atomic mass is 16.2. The summed E-state index contributed by atoms with van der Waals surface area (Å²) < 4.78 is 0. The van der Waals surface area contributed by atoms with Crippen molar-refractivity contribution in [2.75, 3.05) is 26.2 Å². The van der Waals surface area contributed by atoms with E-state index in [9.17, 15) is 9.59 Å². The molecule has 0 aliphatic carbocycles. The Balaban J connectivity index is 2.23. The van der Waals surface area contributed by atoms with Gasteiger partial charge in [0.25, 0.3) is 0 Å². The van der Waals surface area contributed by atoms with E-state index < -0.39 is 0 Å². The van der Waals surface area contributed by atoms with Crippen molar-refractivity contribution in [3.05, 3.63) is 0 Å². The summed E-state index contributed by atoms with van der Waals surface area (Å²) in [5, 5.41) is 6.19. The number of amides is 2. The summed E-state index contributed by atoms with van der Waals surface area (Å²) in [6.45, 7) is 9.02. The zero-order valence-corrected chi connectivity index (χ0v) is 12.4. The van der Waals surface area contributed by atoms with Crippen molar-refractivity contribution < 1.29 is 9.59 Å². The molecule has 0 aromatic heterocycles. The topological polar surface area (TPSA) is 61.4 Å². The Morgan fingerprint density at radius 1 is 1.26 bits per heavy atom. The van der Waals surface area contributed by atoms with E-state index in [4.69, 9.17) is 0 Å². The van der Waals surface area contributed by atoms with E-state index in [1.54, 1.807) is 0 Å². The molecule has 0 bridgehead atoms. The van der Waals surface area contributed by atoms with Crippen LogP contribution in [0.3, 0.4) is 0 Å². The predicted octanol–water partition coefficient (Wildman–Crippen LogP) is 0.749. The molecule has 1 aliphatic heterocycles. The van der Waals surface area contributed by atoms with Gasteiger partial charge in [-0.2, -0.15) is 0 Å². The molecule has 0 radical (unpaired) electrons. The molecule has 0 unspecified atom stereocenters. The first-order valence-corrected chi connectivity index (χ1v) is 7.33. The van der Waals surface area contributed by atoms with Crippen LogP contribution in [0.15, 0.2) is 0 Å². The fraction of sp³-hybridized carbons (Fsp3) is 0.857. The van der Waals surface area contributed by atoms with Gasteiger partial charge in [-0.1, -0.05) is 20.8 Å². The van der Waals surface area contributed by atoms with Crippen LogP contribution in [0.5, 0.6) is 0 Å². The SMILES string of the molecule is CCNCCC(=O)NC1CCN(C(=O)C(C)C)CC1. The molecule has 2 N–H and O–H groups in total. The Labute approximate surface area is 116 Å². The van der Waals surface area contributed by atoms with E-state index in [2.05, 4.69) is 10.6 Å². The van der Waals surface area contributed by atoms with Crippen molar-refractivity contribution in [1.82, 2.24) is 15.5 Å². The third-order valence-electron chi connectivity index (χ3n) is 3.44. The smallest absolute Gasteiger partial charge is 0.225 e. The largest absolute Gasteiger partial charge is 0.353 e. The number of rotatable bonds is 6. The lowest BCUT2D eigenvalue weighted by Crippen LogP contribution is -2.47.